The predicted molar refractivity (Wildman–Crippen MR) is 115 cm³/mol. The second-order valence-electron chi connectivity index (χ2n) is 7.05. The van der Waals surface area contributed by atoms with Gasteiger partial charge in [-0.3, -0.25) is 9.59 Å². The highest BCUT2D eigenvalue weighted by Gasteiger charge is 2.21. The highest BCUT2D eigenvalue weighted by Crippen LogP contribution is 2.19. The van der Waals surface area contributed by atoms with E-state index in [4.69, 9.17) is 16.6 Å². The zero-order chi connectivity index (χ0) is 23.4. The molecule has 168 valence electrons. The molecule has 1 unspecified atom stereocenters. The fourth-order valence-corrected chi connectivity index (χ4v) is 3.01. The van der Waals surface area contributed by atoms with Gasteiger partial charge in [-0.15, -0.1) is 0 Å². The number of aliphatic carboxylic acids is 2. The first-order chi connectivity index (χ1) is 15.1. The van der Waals surface area contributed by atoms with Gasteiger partial charge in [0, 0.05) is 24.7 Å². The number of nitrogen functional groups attached to an aromatic ring is 2. The van der Waals surface area contributed by atoms with Crippen LogP contribution < -0.4 is 21.7 Å². The molecule has 0 saturated heterocycles. The lowest BCUT2D eigenvalue weighted by molar-refractivity contribution is -0.140. The molecule has 3 rings (SSSR count). The van der Waals surface area contributed by atoms with Crippen LogP contribution in [0.25, 0.3) is 11.2 Å². The van der Waals surface area contributed by atoms with Crippen LogP contribution in [0.5, 0.6) is 0 Å². The number of nitrogens with one attached hydrogen (secondary N) is 2. The summed E-state index contributed by atoms with van der Waals surface area (Å²) in [5, 5.41) is 20.2. The number of H-pyrrole nitrogens is 1. The summed E-state index contributed by atoms with van der Waals surface area (Å²) in [6.07, 6.45) is -0.581. The lowest BCUT2D eigenvalue weighted by Gasteiger charge is -2.18. The van der Waals surface area contributed by atoms with E-state index in [0.29, 0.717) is 23.5 Å². The molecule has 1 aromatic carbocycles. The number of rotatable bonds is 9. The summed E-state index contributed by atoms with van der Waals surface area (Å²) in [5.41, 5.74) is 13.3. The van der Waals surface area contributed by atoms with E-state index in [1.807, 2.05) is 11.9 Å². The maximum atomic E-state index is 12.3. The Bertz CT molecular complexity index is 1160. The standard InChI is InChI=1S/C19H22N8O5/c1-27(8-12-23-14-15(20)25-19(21)26-16(14)24-12)10-4-2-9(3-5-10)17(30)22-11(18(31)32)6-7-13(28)29/h2-5,11H,6-8H2,1H3,(H,22,30)(H,28,29)(H,31,32)(H5,20,21,23,24,25,26). The lowest BCUT2D eigenvalue weighted by Crippen LogP contribution is -2.41. The maximum Gasteiger partial charge on any atom is 0.326 e. The van der Waals surface area contributed by atoms with Gasteiger partial charge in [0.05, 0.1) is 6.54 Å². The van der Waals surface area contributed by atoms with Gasteiger partial charge in [-0.2, -0.15) is 9.97 Å². The monoisotopic (exact) mass is 442 g/mol. The van der Waals surface area contributed by atoms with Gasteiger partial charge in [0.1, 0.15) is 17.4 Å². The van der Waals surface area contributed by atoms with E-state index in [1.165, 1.54) is 0 Å². The topological polar surface area (TPSA) is 213 Å². The number of carbonyl (C=O) groups is 3. The SMILES string of the molecule is CN(Cc1nc2nc(N)nc(N)c2[nH]1)c1ccc(C(=O)NC(CCC(=O)O)C(=O)O)cc1. The van der Waals surface area contributed by atoms with Crippen LogP contribution in [0, 0.1) is 0 Å². The van der Waals surface area contributed by atoms with Crippen molar-refractivity contribution in [3.63, 3.8) is 0 Å². The van der Waals surface area contributed by atoms with E-state index >= 15 is 0 Å². The molecular formula is C19H22N8O5. The second-order valence-corrected chi connectivity index (χ2v) is 7.05. The third-order valence-corrected chi connectivity index (χ3v) is 4.65. The first-order valence-corrected chi connectivity index (χ1v) is 9.48. The van der Waals surface area contributed by atoms with Crippen molar-refractivity contribution in [1.82, 2.24) is 25.3 Å². The molecule has 2 heterocycles. The number of benzene rings is 1. The van der Waals surface area contributed by atoms with Crippen molar-refractivity contribution in [2.24, 2.45) is 0 Å². The summed E-state index contributed by atoms with van der Waals surface area (Å²) in [6, 6.07) is 5.17. The summed E-state index contributed by atoms with van der Waals surface area (Å²) in [7, 11) is 1.82. The molecule has 0 spiro atoms. The number of nitrogens with zero attached hydrogens (tertiary/aromatic N) is 4. The Kier molecular flexibility index (Phi) is 6.37. The molecule has 3 aromatic rings. The van der Waals surface area contributed by atoms with Crippen molar-refractivity contribution in [3.8, 4) is 0 Å². The van der Waals surface area contributed by atoms with E-state index in [-0.39, 0.29) is 30.2 Å². The molecule has 32 heavy (non-hydrogen) atoms. The molecule has 13 nitrogen and oxygen atoms in total. The smallest absolute Gasteiger partial charge is 0.326 e. The minimum absolute atomic E-state index is 0.0309. The fraction of sp³-hybridized carbons (Fsp3) is 0.263. The van der Waals surface area contributed by atoms with Gasteiger partial charge in [-0.25, -0.2) is 9.78 Å². The van der Waals surface area contributed by atoms with Crippen LogP contribution in [-0.2, 0) is 16.1 Å². The minimum atomic E-state index is -1.30. The maximum absolute atomic E-state index is 12.3. The van der Waals surface area contributed by atoms with Gasteiger partial charge in [0.2, 0.25) is 5.95 Å². The first-order valence-electron chi connectivity index (χ1n) is 9.48. The van der Waals surface area contributed by atoms with Gasteiger partial charge in [0.25, 0.3) is 5.91 Å². The van der Waals surface area contributed by atoms with Gasteiger partial charge >= 0.3 is 11.9 Å². The van der Waals surface area contributed by atoms with Gasteiger partial charge in [-0.05, 0) is 30.7 Å². The number of carboxylic acids is 2. The number of carbonyl (C=O) groups excluding carboxylic acids is 1. The molecule has 0 saturated carbocycles. The fourth-order valence-electron chi connectivity index (χ4n) is 3.01. The van der Waals surface area contributed by atoms with E-state index in [9.17, 15) is 19.5 Å². The zero-order valence-corrected chi connectivity index (χ0v) is 17.1. The number of hydrogen-bond acceptors (Lipinski definition) is 9. The molecule has 0 aliphatic rings. The molecule has 0 aliphatic carbocycles. The number of aromatic nitrogens is 4. The average molecular weight is 442 g/mol. The molecular weight excluding hydrogens is 420 g/mol. The van der Waals surface area contributed by atoms with Crippen molar-refractivity contribution < 1.29 is 24.6 Å². The van der Waals surface area contributed by atoms with Crippen LogP contribution >= 0.6 is 0 Å². The van der Waals surface area contributed by atoms with Crippen molar-refractivity contribution in [3.05, 3.63) is 35.7 Å². The number of anilines is 3. The molecule has 0 radical (unpaired) electrons. The van der Waals surface area contributed by atoms with Crippen LogP contribution in [0.1, 0.15) is 29.0 Å². The molecule has 8 N–H and O–H groups in total. The van der Waals surface area contributed by atoms with Crippen molar-refractivity contribution in [2.45, 2.75) is 25.4 Å². The number of carboxylic acid groups (broad SMARTS) is 2. The Morgan fingerprint density at radius 1 is 1.12 bits per heavy atom. The Labute approximate surface area is 181 Å². The van der Waals surface area contributed by atoms with Crippen LogP contribution in [0.15, 0.2) is 24.3 Å². The van der Waals surface area contributed by atoms with E-state index < -0.39 is 23.9 Å². The Morgan fingerprint density at radius 3 is 2.44 bits per heavy atom. The first kappa shape index (κ1) is 22.3. The van der Waals surface area contributed by atoms with Crippen molar-refractivity contribution in [2.75, 3.05) is 23.4 Å². The molecule has 0 bridgehead atoms. The predicted octanol–water partition coefficient (Wildman–Crippen LogP) is 0.202. The Balaban J connectivity index is 1.66. The van der Waals surface area contributed by atoms with E-state index in [2.05, 4.69) is 25.3 Å². The summed E-state index contributed by atoms with van der Waals surface area (Å²) in [6.45, 7) is 0.373. The average Bonchev–Trinajstić information content (AvgIpc) is 3.13. The normalized spacial score (nSPS) is 11.8. The third-order valence-electron chi connectivity index (χ3n) is 4.65. The number of amides is 1. The summed E-state index contributed by atoms with van der Waals surface area (Å²) in [5.74, 6) is -2.23. The minimum Gasteiger partial charge on any atom is -0.481 e. The van der Waals surface area contributed by atoms with Crippen LogP contribution in [0.4, 0.5) is 17.5 Å². The van der Waals surface area contributed by atoms with Crippen LogP contribution in [-0.4, -0.2) is 61.1 Å². The number of hydrogen-bond donors (Lipinski definition) is 6. The number of fused-ring (bicyclic) bond motifs is 1. The summed E-state index contributed by atoms with van der Waals surface area (Å²) >= 11 is 0. The van der Waals surface area contributed by atoms with Crippen LogP contribution in [0.2, 0.25) is 0 Å². The molecule has 0 fully saturated rings. The lowest BCUT2D eigenvalue weighted by atomic mass is 10.1. The third kappa shape index (κ3) is 5.19. The number of nitrogens with two attached hydrogens (primary N) is 2. The summed E-state index contributed by atoms with van der Waals surface area (Å²) < 4.78 is 0. The highest BCUT2D eigenvalue weighted by molar-refractivity contribution is 5.97. The highest BCUT2D eigenvalue weighted by atomic mass is 16.4. The van der Waals surface area contributed by atoms with Gasteiger partial charge < -0.3 is 36.9 Å². The zero-order valence-electron chi connectivity index (χ0n) is 17.1. The Hall–Kier alpha value is -4.42. The Morgan fingerprint density at radius 2 is 1.81 bits per heavy atom. The molecule has 1 atom stereocenters. The summed E-state index contributed by atoms with van der Waals surface area (Å²) in [4.78, 5) is 51.5. The number of aromatic amines is 1. The molecule has 1 amide bonds. The van der Waals surface area contributed by atoms with Crippen molar-refractivity contribution in [1.29, 1.82) is 0 Å². The number of imidazole rings is 1. The van der Waals surface area contributed by atoms with Gasteiger partial charge in [0.15, 0.2) is 11.5 Å². The quantitative estimate of drug-likeness (QED) is 0.263. The molecule has 13 heteroatoms. The van der Waals surface area contributed by atoms with Crippen LogP contribution in [0.3, 0.4) is 0 Å². The van der Waals surface area contributed by atoms with E-state index in [1.54, 1.807) is 24.3 Å². The van der Waals surface area contributed by atoms with Gasteiger partial charge in [-0.1, -0.05) is 0 Å². The largest absolute Gasteiger partial charge is 0.481 e. The van der Waals surface area contributed by atoms with Crippen molar-refractivity contribution >= 4 is 46.5 Å². The van der Waals surface area contributed by atoms with E-state index in [0.717, 1.165) is 5.69 Å². The second kappa shape index (κ2) is 9.16. The molecule has 2 aromatic heterocycles. The molecule has 0 aliphatic heterocycles.